The van der Waals surface area contributed by atoms with Gasteiger partial charge in [-0.2, -0.15) is 0 Å². The lowest BCUT2D eigenvalue weighted by molar-refractivity contribution is -0.123. The smallest absolute Gasteiger partial charge is 0.236 e. The Morgan fingerprint density at radius 3 is 2.38 bits per heavy atom. The van der Waals surface area contributed by atoms with E-state index in [0.717, 1.165) is 0 Å². The summed E-state index contributed by atoms with van der Waals surface area (Å²) in [5.41, 5.74) is 5.52. The number of rotatable bonds is 7. The summed E-state index contributed by atoms with van der Waals surface area (Å²) in [5.74, 6) is 0.199. The van der Waals surface area contributed by atoms with Crippen molar-refractivity contribution in [3.63, 3.8) is 0 Å². The fourth-order valence-corrected chi connectivity index (χ4v) is 1.02. The quantitative estimate of drug-likeness (QED) is 0.574. The lowest BCUT2D eigenvalue weighted by atomic mass is 10.2. The van der Waals surface area contributed by atoms with Crippen molar-refractivity contribution in [3.05, 3.63) is 0 Å². The van der Waals surface area contributed by atoms with E-state index in [0.29, 0.717) is 31.8 Å². The Labute approximate surface area is 97.2 Å². The van der Waals surface area contributed by atoms with Crippen molar-refractivity contribution in [1.29, 1.82) is 0 Å². The summed E-state index contributed by atoms with van der Waals surface area (Å²) in [5, 5.41) is 5.40. The van der Waals surface area contributed by atoms with Crippen LogP contribution in [0, 0.1) is 5.92 Å². The van der Waals surface area contributed by atoms with Crippen molar-refractivity contribution in [2.75, 3.05) is 13.1 Å². The molecule has 0 aromatic rings. The molecule has 0 aromatic carbocycles. The molecule has 5 nitrogen and oxygen atoms in total. The molecule has 16 heavy (non-hydrogen) atoms. The number of carbonyl (C=O) groups excluding carboxylic acids is 2. The predicted molar refractivity (Wildman–Crippen MR) is 63.7 cm³/mol. The van der Waals surface area contributed by atoms with Gasteiger partial charge in [0, 0.05) is 19.5 Å². The topological polar surface area (TPSA) is 84.2 Å². The fourth-order valence-electron chi connectivity index (χ4n) is 1.02. The Morgan fingerprint density at radius 2 is 1.88 bits per heavy atom. The van der Waals surface area contributed by atoms with E-state index in [4.69, 9.17) is 5.73 Å². The van der Waals surface area contributed by atoms with Crippen LogP contribution < -0.4 is 16.4 Å². The van der Waals surface area contributed by atoms with Crippen LogP contribution in [0.15, 0.2) is 0 Å². The molecule has 0 heterocycles. The van der Waals surface area contributed by atoms with Gasteiger partial charge in [0.05, 0.1) is 6.04 Å². The minimum absolute atomic E-state index is 0.0425. The molecule has 0 aromatic heterocycles. The molecule has 0 aliphatic rings. The maximum atomic E-state index is 11.3. The van der Waals surface area contributed by atoms with Crippen molar-refractivity contribution in [2.45, 2.75) is 39.7 Å². The van der Waals surface area contributed by atoms with Crippen LogP contribution in [0.4, 0.5) is 0 Å². The van der Waals surface area contributed by atoms with Gasteiger partial charge in [-0.1, -0.05) is 20.8 Å². The van der Waals surface area contributed by atoms with Crippen LogP contribution in [-0.4, -0.2) is 30.9 Å². The molecule has 0 rings (SSSR count). The third-order valence-corrected chi connectivity index (χ3v) is 2.14. The number of nitrogens with one attached hydrogen (secondary N) is 2. The number of hydrogen-bond donors (Lipinski definition) is 3. The largest absolute Gasteiger partial charge is 0.356 e. The summed E-state index contributed by atoms with van der Waals surface area (Å²) >= 11 is 0. The van der Waals surface area contributed by atoms with E-state index in [-0.39, 0.29) is 11.8 Å². The molecule has 0 spiro atoms. The van der Waals surface area contributed by atoms with Crippen LogP contribution in [0.1, 0.15) is 33.6 Å². The van der Waals surface area contributed by atoms with E-state index in [1.54, 1.807) is 0 Å². The Balaban J connectivity index is 3.58. The van der Waals surface area contributed by atoms with Crippen molar-refractivity contribution in [1.82, 2.24) is 10.6 Å². The molecular weight excluding hydrogens is 206 g/mol. The second-order valence-electron chi connectivity index (χ2n) is 4.25. The Kier molecular flexibility index (Phi) is 7.54. The van der Waals surface area contributed by atoms with Gasteiger partial charge in [-0.05, 0) is 12.3 Å². The van der Waals surface area contributed by atoms with Crippen LogP contribution in [0.5, 0.6) is 0 Å². The van der Waals surface area contributed by atoms with Gasteiger partial charge in [-0.3, -0.25) is 9.59 Å². The van der Waals surface area contributed by atoms with Gasteiger partial charge in [0.1, 0.15) is 0 Å². The van der Waals surface area contributed by atoms with Gasteiger partial charge < -0.3 is 16.4 Å². The van der Waals surface area contributed by atoms with Gasteiger partial charge in [0.25, 0.3) is 0 Å². The number of hydrogen-bond acceptors (Lipinski definition) is 3. The summed E-state index contributed by atoms with van der Waals surface area (Å²) in [6.07, 6.45) is 0.903. The summed E-state index contributed by atoms with van der Waals surface area (Å²) in [6, 6.07) is -0.473. The normalized spacial score (nSPS) is 12.3. The number of nitrogens with two attached hydrogens (primary N) is 1. The third-order valence-electron chi connectivity index (χ3n) is 2.14. The van der Waals surface area contributed by atoms with Crippen LogP contribution in [0.3, 0.4) is 0 Å². The number of amides is 2. The highest BCUT2D eigenvalue weighted by atomic mass is 16.2. The minimum atomic E-state index is -0.473. The first kappa shape index (κ1) is 14.9. The molecule has 0 radical (unpaired) electrons. The molecule has 0 saturated heterocycles. The molecular formula is C11H23N3O2. The van der Waals surface area contributed by atoms with E-state index in [2.05, 4.69) is 10.6 Å². The molecule has 0 saturated carbocycles. The summed E-state index contributed by atoms with van der Waals surface area (Å²) in [7, 11) is 0. The monoisotopic (exact) mass is 229 g/mol. The number of carbonyl (C=O) groups is 2. The molecule has 0 aliphatic carbocycles. The van der Waals surface area contributed by atoms with Crippen LogP contribution in [0.25, 0.3) is 0 Å². The maximum absolute atomic E-state index is 11.3. The van der Waals surface area contributed by atoms with Gasteiger partial charge in [-0.15, -0.1) is 0 Å². The molecule has 0 bridgehead atoms. The van der Waals surface area contributed by atoms with Crippen molar-refractivity contribution in [3.8, 4) is 0 Å². The van der Waals surface area contributed by atoms with Gasteiger partial charge in [-0.25, -0.2) is 0 Å². The highest BCUT2D eigenvalue weighted by Crippen LogP contribution is 1.89. The summed E-state index contributed by atoms with van der Waals surface area (Å²) in [6.45, 7) is 6.92. The molecule has 94 valence electrons. The molecule has 4 N–H and O–H groups in total. The van der Waals surface area contributed by atoms with E-state index >= 15 is 0 Å². The SMILES string of the molecule is CC[C@@H](N)C(=O)NCCC(=O)NCC(C)C. The average Bonchev–Trinajstić information content (AvgIpc) is 2.24. The van der Waals surface area contributed by atoms with Gasteiger partial charge in [0.15, 0.2) is 0 Å². The summed E-state index contributed by atoms with van der Waals surface area (Å²) in [4.78, 5) is 22.5. The van der Waals surface area contributed by atoms with E-state index < -0.39 is 6.04 Å². The minimum Gasteiger partial charge on any atom is -0.356 e. The van der Waals surface area contributed by atoms with Gasteiger partial charge >= 0.3 is 0 Å². The Hall–Kier alpha value is -1.10. The van der Waals surface area contributed by atoms with Crippen LogP contribution in [-0.2, 0) is 9.59 Å². The van der Waals surface area contributed by atoms with E-state index in [1.165, 1.54) is 0 Å². The van der Waals surface area contributed by atoms with Crippen LogP contribution >= 0.6 is 0 Å². The zero-order valence-electron chi connectivity index (χ0n) is 10.4. The lowest BCUT2D eigenvalue weighted by Crippen LogP contribution is -2.41. The average molecular weight is 229 g/mol. The standard InChI is InChI=1S/C11H23N3O2/c1-4-9(12)11(16)13-6-5-10(15)14-7-8(2)3/h8-9H,4-7,12H2,1-3H3,(H,13,16)(H,14,15)/t9-/m1/s1. The third kappa shape index (κ3) is 7.23. The molecule has 0 aliphatic heterocycles. The summed E-state index contributed by atoms with van der Waals surface area (Å²) < 4.78 is 0. The van der Waals surface area contributed by atoms with Crippen molar-refractivity contribution < 1.29 is 9.59 Å². The lowest BCUT2D eigenvalue weighted by Gasteiger charge is -2.10. The van der Waals surface area contributed by atoms with Crippen molar-refractivity contribution in [2.24, 2.45) is 11.7 Å². The maximum Gasteiger partial charge on any atom is 0.236 e. The fraction of sp³-hybridized carbons (Fsp3) is 0.818. The second kappa shape index (κ2) is 8.10. The first-order valence-electron chi connectivity index (χ1n) is 5.77. The Bertz CT molecular complexity index is 229. The second-order valence-corrected chi connectivity index (χ2v) is 4.25. The molecule has 0 fully saturated rings. The van der Waals surface area contributed by atoms with Crippen LogP contribution in [0.2, 0.25) is 0 Å². The van der Waals surface area contributed by atoms with E-state index in [9.17, 15) is 9.59 Å². The van der Waals surface area contributed by atoms with Gasteiger partial charge in [0.2, 0.25) is 11.8 Å². The zero-order valence-corrected chi connectivity index (χ0v) is 10.4. The first-order chi connectivity index (χ1) is 7.47. The van der Waals surface area contributed by atoms with E-state index in [1.807, 2.05) is 20.8 Å². The molecule has 2 amide bonds. The molecule has 5 heteroatoms. The predicted octanol–water partition coefficient (Wildman–Crippen LogP) is 0.00220. The first-order valence-corrected chi connectivity index (χ1v) is 5.77. The molecule has 0 unspecified atom stereocenters. The Morgan fingerprint density at radius 1 is 1.25 bits per heavy atom. The highest BCUT2D eigenvalue weighted by Gasteiger charge is 2.10. The zero-order chi connectivity index (χ0) is 12.6. The highest BCUT2D eigenvalue weighted by molar-refractivity contribution is 5.82. The molecule has 1 atom stereocenters. The van der Waals surface area contributed by atoms with Crippen molar-refractivity contribution >= 4 is 11.8 Å².